The van der Waals surface area contributed by atoms with E-state index in [1.54, 1.807) is 0 Å². The van der Waals surface area contributed by atoms with E-state index in [1.165, 1.54) is 17.5 Å². The maximum absolute atomic E-state index is 9.22. The molecule has 2 rings (SSSR count). The molecule has 2 nitrogen and oxygen atoms in total. The summed E-state index contributed by atoms with van der Waals surface area (Å²) < 4.78 is 0. The van der Waals surface area contributed by atoms with Crippen molar-refractivity contribution < 1.29 is 5.11 Å². The first kappa shape index (κ1) is 12.9. The Balaban J connectivity index is 2.00. The molecule has 1 heterocycles. The third-order valence-electron chi connectivity index (χ3n) is 3.56. The Labute approximate surface area is 108 Å². The van der Waals surface area contributed by atoms with E-state index < -0.39 is 0 Å². The molecule has 0 radical (unpaired) electrons. The molecule has 1 N–H and O–H groups in total. The van der Waals surface area contributed by atoms with Crippen molar-refractivity contribution in [1.29, 1.82) is 0 Å². The topological polar surface area (TPSA) is 23.5 Å². The van der Waals surface area contributed by atoms with Crippen LogP contribution in [0.1, 0.15) is 24.0 Å². The molecule has 0 spiro atoms. The minimum atomic E-state index is 0.316. The van der Waals surface area contributed by atoms with Crippen LogP contribution in [0.5, 0.6) is 0 Å². The third kappa shape index (κ3) is 3.44. The number of halogens is 1. The highest BCUT2D eigenvalue weighted by atomic mass is 35.5. The van der Waals surface area contributed by atoms with Crippen LogP contribution in [0.15, 0.2) is 18.2 Å². The molecule has 0 aromatic heterocycles. The second kappa shape index (κ2) is 5.85. The first-order valence-corrected chi connectivity index (χ1v) is 6.65. The van der Waals surface area contributed by atoms with Gasteiger partial charge in [0.1, 0.15) is 0 Å². The van der Waals surface area contributed by atoms with Crippen molar-refractivity contribution in [2.24, 2.45) is 5.92 Å². The predicted octanol–water partition coefficient (Wildman–Crippen LogP) is 2.85. The molecular formula is C14H20ClNO. The van der Waals surface area contributed by atoms with Gasteiger partial charge in [-0.2, -0.15) is 0 Å². The van der Waals surface area contributed by atoms with Crippen molar-refractivity contribution in [2.75, 3.05) is 19.7 Å². The van der Waals surface area contributed by atoms with Gasteiger partial charge in [-0.05, 0) is 55.5 Å². The van der Waals surface area contributed by atoms with E-state index >= 15 is 0 Å². The second-order valence-electron chi connectivity index (χ2n) is 5.00. The molecule has 0 aliphatic carbocycles. The van der Waals surface area contributed by atoms with Gasteiger partial charge in [0.2, 0.25) is 0 Å². The maximum Gasteiger partial charge on any atom is 0.0471 e. The molecule has 17 heavy (non-hydrogen) atoms. The van der Waals surface area contributed by atoms with Gasteiger partial charge in [-0.15, -0.1) is 0 Å². The van der Waals surface area contributed by atoms with Crippen LogP contribution in [-0.4, -0.2) is 29.7 Å². The number of aryl methyl sites for hydroxylation is 1. The fourth-order valence-corrected chi connectivity index (χ4v) is 2.75. The van der Waals surface area contributed by atoms with Crippen molar-refractivity contribution >= 4 is 11.6 Å². The van der Waals surface area contributed by atoms with Gasteiger partial charge < -0.3 is 5.11 Å². The molecule has 1 aromatic rings. The van der Waals surface area contributed by atoms with Crippen LogP contribution in [0.2, 0.25) is 5.02 Å². The largest absolute Gasteiger partial charge is 0.396 e. The first-order valence-electron chi connectivity index (χ1n) is 6.27. The standard InChI is InChI=1S/C14H20ClNO/c1-11-7-14(15)5-4-13(11)9-16-6-2-3-12(8-16)10-17/h4-5,7,12,17H,2-3,6,8-10H2,1H3/t12-/m0/s1. The second-order valence-corrected chi connectivity index (χ2v) is 5.43. The van der Waals surface area contributed by atoms with Gasteiger partial charge in [-0.3, -0.25) is 4.90 Å². The Morgan fingerprint density at radius 2 is 2.29 bits per heavy atom. The van der Waals surface area contributed by atoms with E-state index in [4.69, 9.17) is 11.6 Å². The Hall–Kier alpha value is -0.570. The zero-order valence-electron chi connectivity index (χ0n) is 10.3. The van der Waals surface area contributed by atoms with Gasteiger partial charge in [0, 0.05) is 24.7 Å². The van der Waals surface area contributed by atoms with Gasteiger partial charge >= 0.3 is 0 Å². The van der Waals surface area contributed by atoms with E-state index in [0.29, 0.717) is 12.5 Å². The lowest BCUT2D eigenvalue weighted by atomic mass is 9.98. The van der Waals surface area contributed by atoms with Crippen LogP contribution in [0.3, 0.4) is 0 Å². The highest BCUT2D eigenvalue weighted by Crippen LogP contribution is 2.21. The number of benzene rings is 1. The summed E-state index contributed by atoms with van der Waals surface area (Å²) in [5.41, 5.74) is 2.59. The molecule has 94 valence electrons. The van der Waals surface area contributed by atoms with E-state index in [-0.39, 0.29) is 0 Å². The van der Waals surface area contributed by atoms with Crippen LogP contribution in [0.4, 0.5) is 0 Å². The summed E-state index contributed by atoms with van der Waals surface area (Å²) in [7, 11) is 0. The number of likely N-dealkylation sites (tertiary alicyclic amines) is 1. The van der Waals surface area contributed by atoms with Crippen molar-refractivity contribution in [3.05, 3.63) is 34.3 Å². The molecule has 0 saturated carbocycles. The number of hydrogen-bond donors (Lipinski definition) is 1. The summed E-state index contributed by atoms with van der Waals surface area (Å²) in [4.78, 5) is 2.43. The zero-order chi connectivity index (χ0) is 12.3. The Morgan fingerprint density at radius 3 is 3.00 bits per heavy atom. The van der Waals surface area contributed by atoms with Crippen LogP contribution in [-0.2, 0) is 6.54 Å². The molecule has 3 heteroatoms. The molecular weight excluding hydrogens is 234 g/mol. The SMILES string of the molecule is Cc1cc(Cl)ccc1CN1CCC[C@H](CO)C1. The fraction of sp³-hybridized carbons (Fsp3) is 0.571. The Kier molecular flexibility index (Phi) is 4.43. The van der Waals surface area contributed by atoms with Gasteiger partial charge in [0.15, 0.2) is 0 Å². The summed E-state index contributed by atoms with van der Waals surface area (Å²) in [5, 5.41) is 10.0. The molecule has 1 aromatic carbocycles. The van der Waals surface area contributed by atoms with Gasteiger partial charge in [-0.25, -0.2) is 0 Å². The quantitative estimate of drug-likeness (QED) is 0.896. The number of rotatable bonds is 3. The molecule has 1 aliphatic rings. The zero-order valence-corrected chi connectivity index (χ0v) is 11.1. The minimum Gasteiger partial charge on any atom is -0.396 e. The van der Waals surface area contributed by atoms with Crippen molar-refractivity contribution in [3.8, 4) is 0 Å². The molecule has 0 bridgehead atoms. The first-order chi connectivity index (χ1) is 8.19. The van der Waals surface area contributed by atoms with E-state index in [1.807, 2.05) is 12.1 Å². The summed E-state index contributed by atoms with van der Waals surface area (Å²) >= 11 is 5.96. The molecule has 0 unspecified atom stereocenters. The molecule has 1 fully saturated rings. The third-order valence-corrected chi connectivity index (χ3v) is 3.79. The summed E-state index contributed by atoms with van der Waals surface area (Å²) in [6, 6.07) is 6.09. The average Bonchev–Trinajstić information content (AvgIpc) is 2.33. The minimum absolute atomic E-state index is 0.316. The van der Waals surface area contributed by atoms with Gasteiger partial charge in [0.05, 0.1) is 0 Å². The number of piperidine rings is 1. The molecule has 0 amide bonds. The maximum atomic E-state index is 9.22. The number of nitrogens with zero attached hydrogens (tertiary/aromatic N) is 1. The smallest absolute Gasteiger partial charge is 0.0471 e. The highest BCUT2D eigenvalue weighted by Gasteiger charge is 2.19. The lowest BCUT2D eigenvalue weighted by molar-refractivity contribution is 0.116. The Morgan fingerprint density at radius 1 is 1.47 bits per heavy atom. The molecule has 1 aliphatic heterocycles. The predicted molar refractivity (Wildman–Crippen MR) is 71.3 cm³/mol. The summed E-state index contributed by atoms with van der Waals surface area (Å²) in [6.07, 6.45) is 2.35. The molecule has 1 saturated heterocycles. The highest BCUT2D eigenvalue weighted by molar-refractivity contribution is 6.30. The van der Waals surface area contributed by atoms with E-state index in [9.17, 15) is 5.11 Å². The van der Waals surface area contributed by atoms with Crippen molar-refractivity contribution in [1.82, 2.24) is 4.90 Å². The lowest BCUT2D eigenvalue weighted by Gasteiger charge is -2.32. The van der Waals surface area contributed by atoms with Crippen LogP contribution in [0.25, 0.3) is 0 Å². The van der Waals surface area contributed by atoms with E-state index in [0.717, 1.165) is 31.1 Å². The van der Waals surface area contributed by atoms with Crippen LogP contribution in [0, 0.1) is 12.8 Å². The normalized spacial score (nSPS) is 21.7. The number of aliphatic hydroxyl groups is 1. The summed E-state index contributed by atoms with van der Waals surface area (Å²) in [6.45, 7) is 5.54. The lowest BCUT2D eigenvalue weighted by Crippen LogP contribution is -2.36. The molecule has 1 atom stereocenters. The monoisotopic (exact) mass is 253 g/mol. The summed E-state index contributed by atoms with van der Waals surface area (Å²) in [5.74, 6) is 0.455. The van der Waals surface area contributed by atoms with Crippen LogP contribution < -0.4 is 0 Å². The number of aliphatic hydroxyl groups excluding tert-OH is 1. The van der Waals surface area contributed by atoms with Crippen molar-refractivity contribution in [2.45, 2.75) is 26.3 Å². The van der Waals surface area contributed by atoms with Gasteiger partial charge in [-0.1, -0.05) is 17.7 Å². The van der Waals surface area contributed by atoms with Crippen LogP contribution >= 0.6 is 11.6 Å². The Bertz CT molecular complexity index is 380. The number of hydrogen-bond acceptors (Lipinski definition) is 2. The average molecular weight is 254 g/mol. The fourth-order valence-electron chi connectivity index (χ4n) is 2.52. The van der Waals surface area contributed by atoms with E-state index in [2.05, 4.69) is 17.9 Å². The van der Waals surface area contributed by atoms with Crippen molar-refractivity contribution in [3.63, 3.8) is 0 Å². The van der Waals surface area contributed by atoms with Gasteiger partial charge in [0.25, 0.3) is 0 Å².